The molecule has 0 N–H and O–H groups in total. The van der Waals surface area contributed by atoms with E-state index in [1.807, 2.05) is 0 Å². The molecule has 4 fully saturated rings. The molecule has 0 radical (unpaired) electrons. The van der Waals surface area contributed by atoms with Crippen molar-refractivity contribution in [3.05, 3.63) is 0 Å². The summed E-state index contributed by atoms with van der Waals surface area (Å²) in [6.45, 7) is 2.44. The molecular weight excluding hydrogens is 144 g/mol. The maximum atomic E-state index is 2.44. The maximum absolute atomic E-state index is 2.44. The summed E-state index contributed by atoms with van der Waals surface area (Å²) < 4.78 is 0. The Hall–Kier alpha value is 0. The highest BCUT2D eigenvalue weighted by Crippen LogP contribution is 2.76. The molecule has 0 aromatic carbocycles. The number of hydrogen-bond donors (Lipinski definition) is 0. The molecule has 0 atom stereocenters. The van der Waals surface area contributed by atoms with E-state index in [-0.39, 0.29) is 0 Å². The van der Waals surface area contributed by atoms with Crippen LogP contribution in [0, 0.1) is 16.7 Å². The maximum Gasteiger partial charge on any atom is -0.0233 e. The number of rotatable bonds is 2. The van der Waals surface area contributed by atoms with Crippen molar-refractivity contribution in [2.45, 2.75) is 58.3 Å². The minimum absolute atomic E-state index is 0.835. The molecule has 0 spiro atoms. The first kappa shape index (κ1) is 7.41. The van der Waals surface area contributed by atoms with Crippen LogP contribution in [-0.2, 0) is 0 Å². The minimum Gasteiger partial charge on any atom is -0.0648 e. The van der Waals surface area contributed by atoms with Crippen LogP contribution in [0.2, 0.25) is 0 Å². The molecule has 68 valence electrons. The molecule has 0 unspecified atom stereocenters. The minimum atomic E-state index is 0.835. The first-order valence-corrected chi connectivity index (χ1v) is 5.80. The monoisotopic (exact) mass is 164 g/mol. The van der Waals surface area contributed by atoms with Gasteiger partial charge in [0.05, 0.1) is 0 Å². The van der Waals surface area contributed by atoms with Crippen molar-refractivity contribution >= 4 is 0 Å². The molecule has 4 rings (SSSR count). The van der Waals surface area contributed by atoms with E-state index < -0.39 is 0 Å². The van der Waals surface area contributed by atoms with Gasteiger partial charge in [-0.15, -0.1) is 0 Å². The zero-order valence-electron chi connectivity index (χ0n) is 8.23. The van der Waals surface area contributed by atoms with E-state index in [1.165, 1.54) is 25.2 Å². The van der Waals surface area contributed by atoms with Crippen LogP contribution in [0.1, 0.15) is 58.3 Å². The second kappa shape index (κ2) is 2.08. The molecule has 0 aliphatic heterocycles. The molecule has 0 heterocycles. The van der Waals surface area contributed by atoms with E-state index in [0.29, 0.717) is 0 Å². The average Bonchev–Trinajstić information content (AvgIpc) is 2.31. The van der Waals surface area contributed by atoms with E-state index in [9.17, 15) is 0 Å². The van der Waals surface area contributed by atoms with Crippen LogP contribution < -0.4 is 0 Å². The molecule has 0 aromatic rings. The SMILES string of the molecule is CCC1(C23CC(C2)C3)CCCC1. The largest absolute Gasteiger partial charge is 0.0648 e. The Bertz CT molecular complexity index is 181. The number of hydrogen-bond acceptors (Lipinski definition) is 0. The zero-order chi connectivity index (χ0) is 8.23. The van der Waals surface area contributed by atoms with Crippen LogP contribution in [-0.4, -0.2) is 0 Å². The first-order chi connectivity index (χ1) is 5.80. The van der Waals surface area contributed by atoms with Crippen LogP contribution >= 0.6 is 0 Å². The predicted molar refractivity (Wildman–Crippen MR) is 51.0 cm³/mol. The van der Waals surface area contributed by atoms with Gasteiger partial charge in [-0.1, -0.05) is 19.8 Å². The molecule has 4 aliphatic carbocycles. The summed E-state index contributed by atoms with van der Waals surface area (Å²) in [6, 6.07) is 0. The van der Waals surface area contributed by atoms with E-state index in [1.54, 1.807) is 32.1 Å². The van der Waals surface area contributed by atoms with Gasteiger partial charge in [0, 0.05) is 0 Å². The van der Waals surface area contributed by atoms with Crippen molar-refractivity contribution in [3.63, 3.8) is 0 Å². The van der Waals surface area contributed by atoms with Gasteiger partial charge in [-0.3, -0.25) is 0 Å². The van der Waals surface area contributed by atoms with Gasteiger partial charge in [-0.25, -0.2) is 0 Å². The van der Waals surface area contributed by atoms with Gasteiger partial charge in [-0.2, -0.15) is 0 Å². The topological polar surface area (TPSA) is 0 Å². The molecule has 0 saturated heterocycles. The summed E-state index contributed by atoms with van der Waals surface area (Å²) >= 11 is 0. The Morgan fingerprint density at radius 2 is 1.67 bits per heavy atom. The second-order valence-corrected chi connectivity index (χ2v) is 5.60. The van der Waals surface area contributed by atoms with E-state index in [4.69, 9.17) is 0 Å². The molecular formula is C12H20. The Balaban J connectivity index is 1.86. The van der Waals surface area contributed by atoms with Crippen LogP contribution in [0.4, 0.5) is 0 Å². The third kappa shape index (κ3) is 0.625. The van der Waals surface area contributed by atoms with Crippen molar-refractivity contribution < 1.29 is 0 Å². The summed E-state index contributed by atoms with van der Waals surface area (Å²) in [7, 11) is 0. The fourth-order valence-electron chi connectivity index (χ4n) is 4.44. The van der Waals surface area contributed by atoms with Crippen molar-refractivity contribution in [3.8, 4) is 0 Å². The highest BCUT2D eigenvalue weighted by Gasteiger charge is 2.66. The Morgan fingerprint density at radius 3 is 2.00 bits per heavy atom. The van der Waals surface area contributed by atoms with E-state index >= 15 is 0 Å². The lowest BCUT2D eigenvalue weighted by Crippen LogP contribution is -2.60. The first-order valence-electron chi connectivity index (χ1n) is 5.80. The summed E-state index contributed by atoms with van der Waals surface area (Å²) in [5.41, 5.74) is 1.73. The predicted octanol–water partition coefficient (Wildman–Crippen LogP) is 3.76. The summed E-state index contributed by atoms with van der Waals surface area (Å²) in [6.07, 6.45) is 12.5. The third-order valence-corrected chi connectivity index (χ3v) is 5.40. The van der Waals surface area contributed by atoms with Crippen molar-refractivity contribution in [2.75, 3.05) is 0 Å². The summed E-state index contributed by atoms with van der Waals surface area (Å²) in [4.78, 5) is 0. The fraction of sp³-hybridized carbons (Fsp3) is 1.00. The quantitative estimate of drug-likeness (QED) is 0.583. The highest BCUT2D eigenvalue weighted by molar-refractivity contribution is 5.16. The lowest BCUT2D eigenvalue weighted by Gasteiger charge is -2.70. The van der Waals surface area contributed by atoms with Crippen LogP contribution in [0.25, 0.3) is 0 Å². The van der Waals surface area contributed by atoms with E-state index in [0.717, 1.165) is 10.8 Å². The Labute approximate surface area is 75.7 Å². The van der Waals surface area contributed by atoms with E-state index in [2.05, 4.69) is 6.92 Å². The van der Waals surface area contributed by atoms with Gasteiger partial charge in [0.25, 0.3) is 0 Å². The van der Waals surface area contributed by atoms with Crippen LogP contribution in [0.3, 0.4) is 0 Å². The lowest BCUT2D eigenvalue weighted by molar-refractivity contribution is -0.201. The normalized spacial score (nSPS) is 48.2. The highest BCUT2D eigenvalue weighted by atomic mass is 14.7. The molecule has 0 nitrogen and oxygen atoms in total. The zero-order valence-corrected chi connectivity index (χ0v) is 8.23. The van der Waals surface area contributed by atoms with Gasteiger partial charge >= 0.3 is 0 Å². The van der Waals surface area contributed by atoms with Crippen LogP contribution in [0.5, 0.6) is 0 Å². The molecule has 4 saturated carbocycles. The smallest absolute Gasteiger partial charge is 0.0233 e. The van der Waals surface area contributed by atoms with Gasteiger partial charge in [0.15, 0.2) is 0 Å². The van der Waals surface area contributed by atoms with Crippen LogP contribution in [0.15, 0.2) is 0 Å². The lowest BCUT2D eigenvalue weighted by atomic mass is 9.35. The molecule has 2 bridgehead atoms. The van der Waals surface area contributed by atoms with Gasteiger partial charge in [-0.05, 0) is 55.3 Å². The Kier molecular flexibility index (Phi) is 1.28. The summed E-state index contributed by atoms with van der Waals surface area (Å²) in [5, 5.41) is 0. The fourth-order valence-corrected chi connectivity index (χ4v) is 4.44. The molecule has 12 heavy (non-hydrogen) atoms. The van der Waals surface area contributed by atoms with Gasteiger partial charge in [0.2, 0.25) is 0 Å². The van der Waals surface area contributed by atoms with Gasteiger partial charge < -0.3 is 0 Å². The van der Waals surface area contributed by atoms with Crippen molar-refractivity contribution in [1.29, 1.82) is 0 Å². The third-order valence-electron chi connectivity index (χ3n) is 5.40. The molecule has 0 amide bonds. The van der Waals surface area contributed by atoms with Gasteiger partial charge in [0.1, 0.15) is 0 Å². The van der Waals surface area contributed by atoms with Crippen molar-refractivity contribution in [2.24, 2.45) is 16.7 Å². The van der Waals surface area contributed by atoms with Crippen molar-refractivity contribution in [1.82, 2.24) is 0 Å². The molecule has 0 heteroatoms. The summed E-state index contributed by atoms with van der Waals surface area (Å²) in [5.74, 6) is 1.18. The average molecular weight is 164 g/mol. The second-order valence-electron chi connectivity index (χ2n) is 5.60. The molecule has 4 aliphatic rings. The standard InChI is InChI=1S/C12H20/c1-2-11(5-3-4-6-11)12-7-10(8-12)9-12/h10H,2-9H2,1H3. The molecule has 0 aromatic heterocycles. The Morgan fingerprint density at radius 1 is 1.08 bits per heavy atom.